The Morgan fingerprint density at radius 1 is 0.871 bits per heavy atom. The molecular formula is C23H25F2NO5. The van der Waals surface area contributed by atoms with Crippen LogP contribution in [0.25, 0.3) is 0 Å². The molecule has 0 N–H and O–H groups in total. The molecule has 0 atom stereocenters. The second kappa shape index (κ2) is 11.7. The van der Waals surface area contributed by atoms with E-state index < -0.39 is 23.2 Å². The van der Waals surface area contributed by atoms with E-state index in [0.29, 0.717) is 37.1 Å². The molecule has 0 aliphatic heterocycles. The number of halogens is 2. The molecular weight excluding hydrogens is 408 g/mol. The number of carbonyl (C=O) groups is 1. The Morgan fingerprint density at radius 3 is 1.81 bits per heavy atom. The summed E-state index contributed by atoms with van der Waals surface area (Å²) in [5.41, 5.74) is -0.686. The van der Waals surface area contributed by atoms with Gasteiger partial charge < -0.3 is 18.9 Å². The van der Waals surface area contributed by atoms with Gasteiger partial charge in [0.25, 0.3) is 0 Å². The van der Waals surface area contributed by atoms with Crippen molar-refractivity contribution in [2.75, 3.05) is 19.8 Å². The van der Waals surface area contributed by atoms with Crippen LogP contribution in [0.4, 0.5) is 8.78 Å². The molecule has 0 unspecified atom stereocenters. The van der Waals surface area contributed by atoms with Crippen molar-refractivity contribution in [3.05, 3.63) is 47.0 Å². The third-order valence-corrected chi connectivity index (χ3v) is 3.97. The average Bonchev–Trinajstić information content (AvgIpc) is 2.74. The number of benzene rings is 2. The lowest BCUT2D eigenvalue weighted by molar-refractivity contribution is 0.0732. The van der Waals surface area contributed by atoms with Crippen LogP contribution >= 0.6 is 0 Å². The monoisotopic (exact) mass is 433 g/mol. The first-order valence-corrected chi connectivity index (χ1v) is 10.1. The summed E-state index contributed by atoms with van der Waals surface area (Å²) in [5.74, 6) is -2.46. The van der Waals surface area contributed by atoms with Crippen molar-refractivity contribution in [2.24, 2.45) is 0 Å². The summed E-state index contributed by atoms with van der Waals surface area (Å²) < 4.78 is 50.1. The highest BCUT2D eigenvalue weighted by Crippen LogP contribution is 2.39. The Bertz CT molecular complexity index is 903. The first-order valence-electron chi connectivity index (χ1n) is 10.1. The Labute approximate surface area is 180 Å². The van der Waals surface area contributed by atoms with E-state index in [4.69, 9.17) is 24.2 Å². The van der Waals surface area contributed by atoms with Crippen LogP contribution in [0.5, 0.6) is 23.0 Å². The highest BCUT2D eigenvalue weighted by Gasteiger charge is 2.21. The lowest BCUT2D eigenvalue weighted by Crippen LogP contribution is -2.12. The van der Waals surface area contributed by atoms with Crippen LogP contribution in [0.1, 0.15) is 56.0 Å². The molecule has 6 nitrogen and oxygen atoms in total. The number of ether oxygens (including phenoxy) is 4. The lowest BCUT2D eigenvalue weighted by atomic mass is 10.1. The van der Waals surface area contributed by atoms with Gasteiger partial charge in [0.1, 0.15) is 29.0 Å². The number of hydrogen-bond acceptors (Lipinski definition) is 6. The van der Waals surface area contributed by atoms with Crippen molar-refractivity contribution in [2.45, 2.75) is 40.0 Å². The SMILES string of the molecule is CCCOc1cc(C(=O)Oc2cc(F)c(C#N)c(F)c2)cc(OCCC)c1OCCC. The molecule has 0 spiro atoms. The van der Waals surface area contributed by atoms with Gasteiger partial charge in [-0.1, -0.05) is 20.8 Å². The van der Waals surface area contributed by atoms with Crippen molar-refractivity contribution in [1.82, 2.24) is 0 Å². The molecule has 0 bridgehead atoms. The van der Waals surface area contributed by atoms with Gasteiger partial charge in [-0.05, 0) is 31.4 Å². The minimum atomic E-state index is -1.12. The van der Waals surface area contributed by atoms with Crippen molar-refractivity contribution >= 4 is 5.97 Å². The zero-order chi connectivity index (χ0) is 22.8. The molecule has 0 aliphatic carbocycles. The Balaban J connectivity index is 2.41. The average molecular weight is 433 g/mol. The molecule has 8 heteroatoms. The van der Waals surface area contributed by atoms with Crippen LogP contribution in [-0.4, -0.2) is 25.8 Å². The van der Waals surface area contributed by atoms with Crippen LogP contribution in [0.2, 0.25) is 0 Å². The summed E-state index contributed by atoms with van der Waals surface area (Å²) in [5, 5.41) is 8.76. The van der Waals surface area contributed by atoms with Gasteiger partial charge in [0, 0.05) is 12.1 Å². The standard InChI is InChI=1S/C23H25F2NO5/c1-4-7-28-20-10-15(11-21(29-8-5-2)22(20)30-9-6-3)23(27)31-16-12-18(24)17(14-26)19(25)13-16/h10-13H,4-9H2,1-3H3. The Hall–Kier alpha value is -3.34. The van der Waals surface area contributed by atoms with Crippen LogP contribution in [0.15, 0.2) is 24.3 Å². The predicted octanol–water partition coefficient (Wildman–Crippen LogP) is 5.42. The molecule has 0 amide bonds. The molecule has 0 saturated heterocycles. The van der Waals surface area contributed by atoms with Crippen LogP contribution in [0.3, 0.4) is 0 Å². The summed E-state index contributed by atoms with van der Waals surface area (Å²) in [4.78, 5) is 12.7. The fraction of sp³-hybridized carbons (Fsp3) is 0.391. The second-order valence-corrected chi connectivity index (χ2v) is 6.61. The third kappa shape index (κ3) is 6.32. The molecule has 0 saturated carbocycles. The topological polar surface area (TPSA) is 77.8 Å². The molecule has 2 rings (SSSR count). The summed E-state index contributed by atoms with van der Waals surface area (Å²) in [6, 6.07) is 5.86. The smallest absolute Gasteiger partial charge is 0.343 e. The molecule has 31 heavy (non-hydrogen) atoms. The highest BCUT2D eigenvalue weighted by molar-refractivity contribution is 5.92. The van der Waals surface area contributed by atoms with E-state index in [1.165, 1.54) is 18.2 Å². The van der Waals surface area contributed by atoms with Crippen LogP contribution < -0.4 is 18.9 Å². The lowest BCUT2D eigenvalue weighted by Gasteiger charge is -2.18. The van der Waals surface area contributed by atoms with Crippen LogP contribution in [0, 0.1) is 23.0 Å². The van der Waals surface area contributed by atoms with E-state index in [9.17, 15) is 13.6 Å². The van der Waals surface area contributed by atoms with Crippen LogP contribution in [-0.2, 0) is 0 Å². The van der Waals surface area contributed by atoms with Gasteiger partial charge >= 0.3 is 5.97 Å². The molecule has 0 heterocycles. The maximum absolute atomic E-state index is 13.8. The molecule has 0 aromatic heterocycles. The second-order valence-electron chi connectivity index (χ2n) is 6.61. The fourth-order valence-corrected chi connectivity index (χ4v) is 2.56. The number of hydrogen-bond donors (Lipinski definition) is 0. The van der Waals surface area contributed by atoms with E-state index in [2.05, 4.69) is 0 Å². The van der Waals surface area contributed by atoms with Gasteiger partial charge in [-0.3, -0.25) is 0 Å². The van der Waals surface area contributed by atoms with Gasteiger partial charge in [-0.25, -0.2) is 13.6 Å². The first kappa shape index (κ1) is 23.9. The summed E-state index contributed by atoms with van der Waals surface area (Å²) in [7, 11) is 0. The van der Waals surface area contributed by atoms with E-state index >= 15 is 0 Å². The number of esters is 1. The Morgan fingerprint density at radius 2 is 1.35 bits per heavy atom. The van der Waals surface area contributed by atoms with Crippen molar-refractivity contribution in [3.63, 3.8) is 0 Å². The van der Waals surface area contributed by atoms with Gasteiger partial charge in [-0.15, -0.1) is 0 Å². The number of carbonyl (C=O) groups excluding carboxylic acids is 1. The molecule has 2 aromatic carbocycles. The summed E-state index contributed by atoms with van der Waals surface area (Å²) >= 11 is 0. The number of nitrogens with zero attached hydrogens (tertiary/aromatic N) is 1. The van der Waals surface area contributed by atoms with E-state index in [0.717, 1.165) is 31.4 Å². The van der Waals surface area contributed by atoms with Gasteiger partial charge in [-0.2, -0.15) is 5.26 Å². The minimum absolute atomic E-state index is 0.0613. The molecule has 2 aromatic rings. The zero-order valence-corrected chi connectivity index (χ0v) is 17.8. The predicted molar refractivity (Wildman–Crippen MR) is 110 cm³/mol. The number of nitriles is 1. The van der Waals surface area contributed by atoms with E-state index in [-0.39, 0.29) is 11.3 Å². The number of rotatable bonds is 11. The van der Waals surface area contributed by atoms with Gasteiger partial charge in [0.05, 0.1) is 25.4 Å². The zero-order valence-electron chi connectivity index (χ0n) is 17.8. The molecule has 0 radical (unpaired) electrons. The maximum atomic E-state index is 13.8. The largest absolute Gasteiger partial charge is 0.490 e. The summed E-state index contributed by atoms with van der Waals surface area (Å²) in [6.45, 7) is 7.04. The first-order chi connectivity index (χ1) is 14.9. The minimum Gasteiger partial charge on any atom is -0.490 e. The van der Waals surface area contributed by atoms with E-state index in [1.807, 2.05) is 20.8 Å². The van der Waals surface area contributed by atoms with Gasteiger partial charge in [0.2, 0.25) is 5.75 Å². The fourth-order valence-electron chi connectivity index (χ4n) is 2.56. The van der Waals surface area contributed by atoms with E-state index in [1.54, 1.807) is 0 Å². The quantitative estimate of drug-likeness (QED) is 0.348. The maximum Gasteiger partial charge on any atom is 0.343 e. The third-order valence-electron chi connectivity index (χ3n) is 3.97. The van der Waals surface area contributed by atoms with Crippen molar-refractivity contribution < 1.29 is 32.5 Å². The highest BCUT2D eigenvalue weighted by atomic mass is 19.1. The molecule has 0 aliphatic rings. The normalized spacial score (nSPS) is 10.3. The van der Waals surface area contributed by atoms with Crippen molar-refractivity contribution in [3.8, 4) is 29.1 Å². The molecule has 0 fully saturated rings. The Kier molecular flexibility index (Phi) is 9.07. The van der Waals surface area contributed by atoms with Gasteiger partial charge in [0.15, 0.2) is 11.5 Å². The van der Waals surface area contributed by atoms with Crippen molar-refractivity contribution in [1.29, 1.82) is 5.26 Å². The summed E-state index contributed by atoms with van der Waals surface area (Å²) in [6.07, 6.45) is 2.23. The molecule has 166 valence electrons.